The summed E-state index contributed by atoms with van der Waals surface area (Å²) in [7, 11) is -33.8. The van der Waals surface area contributed by atoms with Crippen LogP contribution < -0.4 is 118 Å². The third kappa shape index (κ3) is 123. The van der Waals surface area contributed by atoms with Crippen LogP contribution in [0.3, 0.4) is 0 Å². The van der Waals surface area contributed by atoms with Gasteiger partial charge in [-0.05, 0) is 77.0 Å². The molecule has 12 unspecified atom stereocenters. The Morgan fingerprint density at radius 3 is 0.254 bits per heavy atom. The highest BCUT2D eigenvalue weighted by Crippen LogP contribution is 2.24. The predicted octanol–water partition coefficient (Wildman–Crippen LogP) is -9.76. The first-order valence-corrected chi connectivity index (χ1v) is 48.8. The fourth-order valence-electron chi connectivity index (χ4n) is 9.09. The molecule has 0 bridgehead atoms. The highest BCUT2D eigenvalue weighted by molar-refractivity contribution is 7.43. The second-order valence-corrected chi connectivity index (χ2v) is 30.8. The lowest BCUT2D eigenvalue weighted by Gasteiger charge is -2.15. The van der Waals surface area contributed by atoms with Crippen molar-refractivity contribution in [2.75, 3.05) is 78.5 Å². The lowest BCUT2D eigenvalue weighted by molar-refractivity contribution is -0.736. The van der Waals surface area contributed by atoms with Crippen molar-refractivity contribution in [3.05, 3.63) is 149 Å². The molecule has 720 valence electrons. The third-order valence-corrected chi connectivity index (χ3v) is 13.8. The summed E-state index contributed by atoms with van der Waals surface area (Å²) >= 11 is 0. The van der Waals surface area contributed by atoms with E-state index in [1.165, 1.54) is 214 Å². The van der Waals surface area contributed by atoms with Gasteiger partial charge in [-0.25, -0.2) is 85.1 Å². The molecule has 126 heavy (non-hydrogen) atoms. The fraction of sp³-hybridized carbons (Fsp3) is 0.500. The van der Waals surface area contributed by atoms with Gasteiger partial charge in [-0.2, -0.15) is 0 Å². The van der Waals surface area contributed by atoms with E-state index in [1.807, 2.05) is 150 Å². The van der Waals surface area contributed by atoms with Gasteiger partial charge in [0.05, 0.1) is 153 Å². The first kappa shape index (κ1) is 130. The number of aliphatic imine (C=N–C) groups is 12. The minimum atomic E-state index is -5.64. The molecule has 12 N–H and O–H groups in total. The second-order valence-electron chi connectivity index (χ2n) is 25.6. The van der Waals surface area contributed by atoms with Crippen LogP contribution in [0.4, 0.5) is 25.2 Å². The van der Waals surface area contributed by atoms with Crippen molar-refractivity contribution < 1.29 is 170 Å². The smallest absolute Gasteiger partial charge is 0.193 e. The molecule has 12 aliphatic rings. The minimum Gasteiger partial charge on any atom is -0.786 e. The van der Waals surface area contributed by atoms with E-state index >= 15 is 0 Å². The number of halogens is 6. The van der Waals surface area contributed by atoms with Crippen molar-refractivity contribution in [3.63, 3.8) is 0 Å². The summed E-state index contributed by atoms with van der Waals surface area (Å²) in [5.41, 5.74) is 0. The molecule has 0 aromatic heterocycles. The quantitative estimate of drug-likeness (QED) is 0.0315. The summed E-state index contributed by atoms with van der Waals surface area (Å²) < 4.78 is 111. The topological polar surface area (TPSA) is 581 Å². The molecule has 12 aliphatic heterocycles. The Labute approximate surface area is 737 Å². The fourth-order valence-corrected chi connectivity index (χ4v) is 9.09. The van der Waals surface area contributed by atoms with E-state index in [2.05, 4.69) is 217 Å². The molecule has 54 heteroatoms. The van der Waals surface area contributed by atoms with Crippen LogP contribution in [0.2, 0.25) is 0 Å². The maximum atomic E-state index is 10.1. The Balaban J connectivity index is -0.000000304. The average molecular weight is 1920 g/mol. The summed E-state index contributed by atoms with van der Waals surface area (Å²) in [6.45, 7) is 40.1. The van der Waals surface area contributed by atoms with E-state index in [0.717, 1.165) is 0 Å². The van der Waals surface area contributed by atoms with Crippen molar-refractivity contribution in [1.82, 2.24) is 0 Å². The largest absolute Gasteiger partial charge is 0.786 e. The molecule has 0 aromatic carbocycles. The summed E-state index contributed by atoms with van der Waals surface area (Å²) in [6, 6.07) is 0. The molecule has 0 aliphatic carbocycles. The standard InChI is InChI=1S/12C6H10N2.6FH2O3P/c12*1-2-4-8-5-3-7-6-8;6*1-5(2,3)4/h12*3,5-6H,2,4H2,1H3;6*(H2,2,3,4). The van der Waals surface area contributed by atoms with Crippen LogP contribution in [0, 0.1) is 0 Å². The monoisotopic (exact) mass is 1920 g/mol. The zero-order valence-electron chi connectivity index (χ0n) is 73.4. The zero-order chi connectivity index (χ0) is 96.8. The van der Waals surface area contributed by atoms with Crippen LogP contribution in [-0.2, 0) is 27.4 Å². The summed E-state index contributed by atoms with van der Waals surface area (Å²) in [5.74, 6) is 0. The van der Waals surface area contributed by atoms with E-state index in [4.69, 9.17) is 86.1 Å². The molecule has 0 saturated heterocycles. The van der Waals surface area contributed by atoms with Crippen molar-refractivity contribution in [2.24, 2.45) is 59.9 Å². The van der Waals surface area contributed by atoms with Gasteiger partial charge in [-0.15, -0.1) is 0 Å². The lowest BCUT2D eigenvalue weighted by Crippen LogP contribution is -3.05. The number of hydrogen-bond acceptors (Lipinski definition) is 30. The van der Waals surface area contributed by atoms with Crippen molar-refractivity contribution in [2.45, 2.75) is 160 Å². The maximum absolute atomic E-state index is 10.1. The maximum Gasteiger partial charge on any atom is 0.193 e. The first-order valence-electron chi connectivity index (χ1n) is 40.2. The van der Waals surface area contributed by atoms with Crippen LogP contribution in [0.1, 0.15) is 160 Å². The van der Waals surface area contributed by atoms with Gasteiger partial charge in [0.2, 0.25) is 0 Å². The number of nitrogens with one attached hydrogen (secondary N) is 12. The van der Waals surface area contributed by atoms with Gasteiger partial charge in [0.15, 0.2) is 76.1 Å². The molecule has 42 nitrogen and oxygen atoms in total. The van der Waals surface area contributed by atoms with Crippen LogP contribution in [0.25, 0.3) is 0 Å². The Kier molecular flexibility index (Phi) is 88.5. The molecule has 0 spiro atoms. The summed E-state index contributed by atoms with van der Waals surface area (Å²) in [5, 5.41) is 0. The Morgan fingerprint density at radius 2 is 0.222 bits per heavy atom. The van der Waals surface area contributed by atoms with Gasteiger partial charge < -0.3 is 86.1 Å². The van der Waals surface area contributed by atoms with Crippen molar-refractivity contribution >= 4 is 124 Å². The Hall–Kier alpha value is -7.08. The normalized spacial score (nSPS) is 21.8. The molecular formula is C72H132F6N24O18P6. The van der Waals surface area contributed by atoms with E-state index in [1.54, 1.807) is 0 Å². The molecule has 0 amide bonds. The second kappa shape index (κ2) is 86.0. The Morgan fingerprint density at radius 1 is 0.167 bits per heavy atom. The number of quaternary nitrogens is 12. The lowest BCUT2D eigenvalue weighted by atomic mass is 10.5. The van der Waals surface area contributed by atoms with Gasteiger partial charge in [-0.1, -0.05) is 83.1 Å². The average Bonchev–Trinajstić information content (AvgIpc) is 1.93. The highest BCUT2D eigenvalue weighted by Gasteiger charge is 2.09. The predicted molar refractivity (Wildman–Crippen MR) is 457 cm³/mol. The molecule has 0 fully saturated rings. The van der Waals surface area contributed by atoms with Crippen LogP contribution in [0.15, 0.2) is 209 Å². The van der Waals surface area contributed by atoms with E-state index in [9.17, 15) is 25.2 Å². The highest BCUT2D eigenvalue weighted by atomic mass is 31.2. The number of rotatable bonds is 24. The minimum absolute atomic E-state index is 1.17. The molecular weight excluding hydrogens is 1790 g/mol. The van der Waals surface area contributed by atoms with E-state index in [-0.39, 0.29) is 0 Å². The summed E-state index contributed by atoms with van der Waals surface area (Å²) in [6.07, 6.45) is 84.4. The van der Waals surface area contributed by atoms with Gasteiger partial charge in [-0.3, -0.25) is 58.8 Å². The molecule has 12 atom stereocenters. The van der Waals surface area contributed by atoms with Gasteiger partial charge >= 0.3 is 0 Å². The van der Waals surface area contributed by atoms with Crippen LogP contribution in [-0.4, -0.2) is 155 Å². The number of nitrogens with zero attached hydrogens (tertiary/aromatic N) is 12. The van der Waals surface area contributed by atoms with Crippen molar-refractivity contribution in [1.29, 1.82) is 0 Å². The molecule has 12 heterocycles. The molecule has 0 aromatic rings. The van der Waals surface area contributed by atoms with Gasteiger partial charge in [0, 0.05) is 0 Å². The van der Waals surface area contributed by atoms with Crippen LogP contribution in [0.5, 0.6) is 0 Å². The van der Waals surface area contributed by atoms with Crippen molar-refractivity contribution in [3.8, 4) is 0 Å². The number of hydrogen-bond donors (Lipinski definition) is 12. The van der Waals surface area contributed by atoms with Gasteiger partial charge in [0.25, 0.3) is 0 Å². The third-order valence-electron chi connectivity index (χ3n) is 13.8. The van der Waals surface area contributed by atoms with Crippen LogP contribution >= 0.6 is 47.4 Å². The molecule has 12 rings (SSSR count). The summed E-state index contributed by atoms with van der Waals surface area (Å²) in [4.78, 5) is 165. The Bertz CT molecular complexity index is 2850. The SMILES string of the molecule is CCC[NH+]1C=CN=C1.CCC[NH+]1C=CN=C1.CCC[NH+]1C=CN=C1.CCC[NH+]1C=CN=C1.CCC[NH+]1C=CN=C1.CCC[NH+]1C=CN=C1.CCC[NH+]1C=CN=C1.CCC[NH+]1C=CN=C1.CCC[NH+]1C=CN=C1.CCC[NH+]1C=CN=C1.CCC[NH+]1C=CN=C1.CCC[NH+]1C=CN=C1.O=P([O-])([O-])F.O=P([O-])([O-])F.O=P([O-])([O-])F.O=P([O-])([O-])F.O=P([O-])([O-])F.O=P([O-])([O-])F. The zero-order valence-corrected chi connectivity index (χ0v) is 78.8. The molecule has 0 radical (unpaired) electrons. The van der Waals surface area contributed by atoms with E-state index in [0.29, 0.717) is 0 Å². The van der Waals surface area contributed by atoms with Gasteiger partial charge in [0.1, 0.15) is 122 Å². The molecule has 0 saturated carbocycles. The van der Waals surface area contributed by atoms with E-state index < -0.39 is 47.4 Å². The first-order chi connectivity index (χ1) is 59.2.